The van der Waals surface area contributed by atoms with E-state index in [0.29, 0.717) is 6.04 Å². The first kappa shape index (κ1) is 13.0. The summed E-state index contributed by atoms with van der Waals surface area (Å²) in [6, 6.07) is 8.70. The molecule has 0 aliphatic carbocycles. The number of likely N-dealkylation sites (tertiary alicyclic amines) is 1. The van der Waals surface area contributed by atoms with E-state index in [2.05, 4.69) is 44.3 Å². The van der Waals surface area contributed by atoms with E-state index in [0.717, 1.165) is 30.5 Å². The van der Waals surface area contributed by atoms with Gasteiger partial charge in [0, 0.05) is 30.1 Å². The van der Waals surface area contributed by atoms with Crippen molar-refractivity contribution in [3.8, 4) is 0 Å². The topological polar surface area (TPSA) is 35.5 Å². The number of rotatable bonds is 4. The first-order chi connectivity index (χ1) is 8.19. The molecule has 94 valence electrons. The number of nitrogens with zero attached hydrogens (tertiary/aromatic N) is 1. The molecular formula is C13H19BrN2O. The Balaban J connectivity index is 2.01. The van der Waals surface area contributed by atoms with Crippen molar-refractivity contribution in [2.45, 2.75) is 18.6 Å². The number of aliphatic hydroxyl groups excluding tert-OH is 1. The maximum atomic E-state index is 9.53. The van der Waals surface area contributed by atoms with Gasteiger partial charge in [-0.2, -0.15) is 0 Å². The maximum Gasteiger partial charge on any atom is 0.0679 e. The molecule has 1 unspecified atom stereocenters. The van der Waals surface area contributed by atoms with Crippen molar-refractivity contribution in [1.82, 2.24) is 10.2 Å². The van der Waals surface area contributed by atoms with Gasteiger partial charge in [-0.25, -0.2) is 0 Å². The van der Waals surface area contributed by atoms with Gasteiger partial charge in [-0.15, -0.1) is 0 Å². The van der Waals surface area contributed by atoms with Crippen LogP contribution in [-0.4, -0.2) is 42.8 Å². The Kier molecular flexibility index (Phi) is 4.56. The summed E-state index contributed by atoms with van der Waals surface area (Å²) >= 11 is 3.50. The van der Waals surface area contributed by atoms with Gasteiger partial charge in [0.1, 0.15) is 0 Å². The minimum atomic E-state index is -0.144. The molecule has 2 atom stereocenters. The molecular weight excluding hydrogens is 280 g/mol. The van der Waals surface area contributed by atoms with Gasteiger partial charge < -0.3 is 10.4 Å². The molecule has 1 saturated heterocycles. The molecule has 0 bridgehead atoms. The number of β-amino-alcohol motifs (C(OH)–C–C–N with tert-alkyl or cyclic N) is 1. The predicted molar refractivity (Wildman–Crippen MR) is 73.0 cm³/mol. The fourth-order valence-electron chi connectivity index (χ4n) is 2.32. The van der Waals surface area contributed by atoms with Gasteiger partial charge in [-0.05, 0) is 31.2 Å². The average molecular weight is 299 g/mol. The number of likely N-dealkylation sites (N-methyl/N-ethyl adjacent to an activating group) is 1. The Hall–Kier alpha value is -0.420. The minimum Gasteiger partial charge on any atom is -0.392 e. The van der Waals surface area contributed by atoms with Gasteiger partial charge in [-0.3, -0.25) is 4.90 Å². The summed E-state index contributed by atoms with van der Waals surface area (Å²) < 4.78 is 1.11. The first-order valence-corrected chi connectivity index (χ1v) is 6.81. The van der Waals surface area contributed by atoms with Gasteiger partial charge in [0.25, 0.3) is 0 Å². The third-order valence-electron chi connectivity index (χ3n) is 3.29. The van der Waals surface area contributed by atoms with E-state index in [1.54, 1.807) is 0 Å². The highest BCUT2D eigenvalue weighted by molar-refractivity contribution is 9.10. The Morgan fingerprint density at radius 2 is 2.41 bits per heavy atom. The second-order valence-corrected chi connectivity index (χ2v) is 5.51. The highest BCUT2D eigenvalue weighted by Gasteiger charge is 2.23. The van der Waals surface area contributed by atoms with Crippen molar-refractivity contribution in [2.24, 2.45) is 0 Å². The van der Waals surface area contributed by atoms with Crippen LogP contribution in [0.3, 0.4) is 0 Å². The predicted octanol–water partition coefficient (Wildman–Crippen LogP) is 1.78. The average Bonchev–Trinajstić information content (AvgIpc) is 2.72. The van der Waals surface area contributed by atoms with Crippen LogP contribution in [-0.2, 0) is 0 Å². The second-order valence-electron chi connectivity index (χ2n) is 4.60. The van der Waals surface area contributed by atoms with E-state index in [1.165, 1.54) is 5.56 Å². The fourth-order valence-corrected chi connectivity index (χ4v) is 2.74. The smallest absolute Gasteiger partial charge is 0.0679 e. The molecule has 0 amide bonds. The minimum absolute atomic E-state index is 0.144. The summed E-state index contributed by atoms with van der Waals surface area (Å²) in [5.74, 6) is 0. The van der Waals surface area contributed by atoms with Gasteiger partial charge >= 0.3 is 0 Å². The molecule has 3 nitrogen and oxygen atoms in total. The summed E-state index contributed by atoms with van der Waals surface area (Å²) in [5, 5.41) is 12.9. The Morgan fingerprint density at radius 1 is 1.59 bits per heavy atom. The lowest BCUT2D eigenvalue weighted by Crippen LogP contribution is -2.33. The summed E-state index contributed by atoms with van der Waals surface area (Å²) in [7, 11) is 1.98. The van der Waals surface area contributed by atoms with E-state index in [4.69, 9.17) is 0 Å². The summed E-state index contributed by atoms with van der Waals surface area (Å²) in [6.07, 6.45) is 0.754. The number of nitrogens with one attached hydrogen (secondary N) is 1. The zero-order chi connectivity index (χ0) is 12.3. The second kappa shape index (κ2) is 5.96. The highest BCUT2D eigenvalue weighted by atomic mass is 79.9. The van der Waals surface area contributed by atoms with E-state index in [9.17, 15) is 5.11 Å². The summed E-state index contributed by atoms with van der Waals surface area (Å²) in [6.45, 7) is 2.74. The molecule has 4 heteroatoms. The van der Waals surface area contributed by atoms with Gasteiger partial charge in [0.2, 0.25) is 0 Å². The zero-order valence-electron chi connectivity index (χ0n) is 10.1. The van der Waals surface area contributed by atoms with Crippen LogP contribution in [0, 0.1) is 0 Å². The number of benzene rings is 1. The molecule has 0 saturated carbocycles. The van der Waals surface area contributed by atoms with Crippen LogP contribution in [0.25, 0.3) is 0 Å². The molecule has 2 N–H and O–H groups in total. The van der Waals surface area contributed by atoms with Crippen LogP contribution in [0.15, 0.2) is 28.7 Å². The highest BCUT2D eigenvalue weighted by Crippen LogP contribution is 2.20. The number of halogens is 1. The molecule has 17 heavy (non-hydrogen) atoms. The Morgan fingerprint density at radius 3 is 3.00 bits per heavy atom. The van der Waals surface area contributed by atoms with Crippen molar-refractivity contribution in [1.29, 1.82) is 0 Å². The molecule has 0 spiro atoms. The first-order valence-electron chi connectivity index (χ1n) is 6.02. The molecule has 2 rings (SSSR count). The Bertz CT molecular complexity index is 372. The lowest BCUT2D eigenvalue weighted by atomic mass is 10.1. The quantitative estimate of drug-likeness (QED) is 0.889. The van der Waals surface area contributed by atoms with Gasteiger partial charge in [0.05, 0.1) is 6.10 Å². The summed E-state index contributed by atoms with van der Waals surface area (Å²) in [4.78, 5) is 2.31. The number of hydrogen-bond donors (Lipinski definition) is 2. The van der Waals surface area contributed by atoms with Crippen LogP contribution in [0.5, 0.6) is 0 Å². The van der Waals surface area contributed by atoms with Crippen LogP contribution in [0.1, 0.15) is 18.0 Å². The van der Waals surface area contributed by atoms with E-state index in [-0.39, 0.29) is 6.10 Å². The molecule has 1 aliphatic rings. The van der Waals surface area contributed by atoms with Crippen molar-refractivity contribution in [3.63, 3.8) is 0 Å². The summed E-state index contributed by atoms with van der Waals surface area (Å²) in [5.41, 5.74) is 1.28. The van der Waals surface area contributed by atoms with E-state index in [1.807, 2.05) is 13.1 Å². The lowest BCUT2D eigenvalue weighted by Gasteiger charge is -2.23. The fraction of sp³-hybridized carbons (Fsp3) is 0.538. The molecule has 1 fully saturated rings. The number of hydrogen-bond acceptors (Lipinski definition) is 3. The van der Waals surface area contributed by atoms with Crippen molar-refractivity contribution in [2.75, 3.05) is 26.7 Å². The SMILES string of the molecule is CNC(CN1CC[C@@H](O)C1)c1cccc(Br)c1. The van der Waals surface area contributed by atoms with Crippen LogP contribution < -0.4 is 5.32 Å². The molecule has 1 aliphatic heterocycles. The lowest BCUT2D eigenvalue weighted by molar-refractivity contribution is 0.173. The molecule has 0 radical (unpaired) electrons. The standard InChI is InChI=1S/C13H19BrN2O/c1-15-13(9-16-6-5-12(17)8-16)10-3-2-4-11(14)7-10/h2-4,7,12-13,15,17H,5-6,8-9H2,1H3/t12-,13?/m1/s1. The van der Waals surface area contributed by atoms with Gasteiger partial charge in [0.15, 0.2) is 0 Å². The van der Waals surface area contributed by atoms with Crippen molar-refractivity contribution < 1.29 is 5.11 Å². The van der Waals surface area contributed by atoms with E-state index >= 15 is 0 Å². The molecule has 0 aromatic heterocycles. The third-order valence-corrected chi connectivity index (χ3v) is 3.78. The Labute approximate surface area is 111 Å². The molecule has 1 aromatic rings. The normalized spacial score (nSPS) is 22.9. The maximum absolute atomic E-state index is 9.53. The van der Waals surface area contributed by atoms with Crippen LogP contribution in [0.4, 0.5) is 0 Å². The van der Waals surface area contributed by atoms with Crippen LogP contribution >= 0.6 is 15.9 Å². The molecule has 1 aromatic carbocycles. The van der Waals surface area contributed by atoms with Crippen LogP contribution in [0.2, 0.25) is 0 Å². The van der Waals surface area contributed by atoms with Crippen molar-refractivity contribution in [3.05, 3.63) is 34.3 Å². The number of aliphatic hydroxyl groups is 1. The van der Waals surface area contributed by atoms with Crippen molar-refractivity contribution >= 4 is 15.9 Å². The largest absolute Gasteiger partial charge is 0.392 e. The zero-order valence-corrected chi connectivity index (χ0v) is 11.7. The monoisotopic (exact) mass is 298 g/mol. The van der Waals surface area contributed by atoms with Gasteiger partial charge in [-0.1, -0.05) is 28.1 Å². The van der Waals surface area contributed by atoms with E-state index < -0.39 is 0 Å². The third kappa shape index (κ3) is 3.52. The molecule has 1 heterocycles.